The van der Waals surface area contributed by atoms with Gasteiger partial charge in [0.05, 0.1) is 17.9 Å². The number of rotatable bonds is 3. The van der Waals surface area contributed by atoms with E-state index in [-0.39, 0.29) is 4.90 Å². The summed E-state index contributed by atoms with van der Waals surface area (Å²) in [5.41, 5.74) is 1.76. The molecule has 150 valence electrons. The average Bonchev–Trinajstić information content (AvgIpc) is 3.16. The van der Waals surface area contributed by atoms with Gasteiger partial charge in [-0.15, -0.1) is 0 Å². The largest absolute Gasteiger partial charge is 0.433 e. The average molecular weight is 420 g/mol. The summed E-state index contributed by atoms with van der Waals surface area (Å²) >= 11 is 0. The molecule has 1 aliphatic heterocycles. The van der Waals surface area contributed by atoms with Crippen molar-refractivity contribution in [3.05, 3.63) is 83.1 Å². The van der Waals surface area contributed by atoms with Crippen molar-refractivity contribution >= 4 is 16.1 Å². The van der Waals surface area contributed by atoms with Crippen LogP contribution in [0.5, 0.6) is 0 Å². The Morgan fingerprint density at radius 2 is 1.83 bits per heavy atom. The molecule has 1 aliphatic rings. The van der Waals surface area contributed by atoms with Gasteiger partial charge in [-0.1, -0.05) is 24.3 Å². The lowest BCUT2D eigenvalue weighted by Gasteiger charge is -2.33. The maximum Gasteiger partial charge on any atom is 0.433 e. The predicted molar refractivity (Wildman–Crippen MR) is 98.9 cm³/mol. The maximum atomic E-state index is 13.3. The van der Waals surface area contributed by atoms with E-state index >= 15 is 0 Å². The van der Waals surface area contributed by atoms with Gasteiger partial charge in [0.2, 0.25) is 0 Å². The highest BCUT2D eigenvalue weighted by atomic mass is 32.2. The number of fused-ring (bicyclic) bond motifs is 1. The monoisotopic (exact) mass is 420 g/mol. The molecule has 0 bridgehead atoms. The summed E-state index contributed by atoms with van der Waals surface area (Å²) < 4.78 is 66.1. The number of halogens is 3. The van der Waals surface area contributed by atoms with Gasteiger partial charge < -0.3 is 0 Å². The molecule has 29 heavy (non-hydrogen) atoms. The first kappa shape index (κ1) is 19.2. The standard InChI is InChI=1S/C19H15F3N4O2S/c1-12-4-2-3-5-14(12)18-15-11-24-25-16(15)8-9-26(18)29(27,28)13-6-7-17(23-10-13)19(20,21)22/h2-11,18H,1H3,(H,24,25). The first-order valence-electron chi connectivity index (χ1n) is 8.53. The minimum Gasteiger partial charge on any atom is -0.278 e. The quantitative estimate of drug-likeness (QED) is 0.697. The summed E-state index contributed by atoms with van der Waals surface area (Å²) in [6.45, 7) is 1.86. The molecule has 0 fully saturated rings. The first-order valence-corrected chi connectivity index (χ1v) is 9.97. The van der Waals surface area contributed by atoms with Gasteiger partial charge in [-0.05, 0) is 36.3 Å². The molecule has 4 rings (SSSR count). The summed E-state index contributed by atoms with van der Waals surface area (Å²) in [4.78, 5) is 2.95. The van der Waals surface area contributed by atoms with Crippen molar-refractivity contribution < 1.29 is 21.6 Å². The lowest BCUT2D eigenvalue weighted by molar-refractivity contribution is -0.141. The Hall–Kier alpha value is -3.14. The molecule has 0 saturated heterocycles. The van der Waals surface area contributed by atoms with Crippen LogP contribution in [0.2, 0.25) is 0 Å². The molecule has 1 unspecified atom stereocenters. The highest BCUT2D eigenvalue weighted by Crippen LogP contribution is 2.39. The second-order valence-electron chi connectivity index (χ2n) is 6.53. The number of aromatic nitrogens is 3. The summed E-state index contributed by atoms with van der Waals surface area (Å²) in [5, 5.41) is 6.82. The Morgan fingerprint density at radius 3 is 2.48 bits per heavy atom. The molecule has 10 heteroatoms. The van der Waals surface area contributed by atoms with Gasteiger partial charge in [0.25, 0.3) is 10.0 Å². The molecule has 0 aliphatic carbocycles. The van der Waals surface area contributed by atoms with Crippen LogP contribution in [-0.2, 0) is 16.2 Å². The zero-order valence-electron chi connectivity index (χ0n) is 15.1. The highest BCUT2D eigenvalue weighted by molar-refractivity contribution is 7.89. The van der Waals surface area contributed by atoms with Crippen LogP contribution >= 0.6 is 0 Å². The van der Waals surface area contributed by atoms with Gasteiger partial charge in [0.1, 0.15) is 10.6 Å². The third-order valence-electron chi connectivity index (χ3n) is 4.72. The minimum atomic E-state index is -4.65. The SMILES string of the molecule is Cc1ccccc1C1c2cn[nH]c2C=CN1S(=O)(=O)c1ccc(C(F)(F)F)nc1. The molecule has 0 amide bonds. The van der Waals surface area contributed by atoms with Gasteiger partial charge in [0, 0.05) is 18.0 Å². The lowest BCUT2D eigenvalue weighted by atomic mass is 9.94. The summed E-state index contributed by atoms with van der Waals surface area (Å²) in [6.07, 6.45) is 0.564. The number of benzene rings is 1. The Bertz CT molecular complexity index is 1180. The summed E-state index contributed by atoms with van der Waals surface area (Å²) in [5.74, 6) is 0. The van der Waals surface area contributed by atoms with Crippen molar-refractivity contribution in [1.29, 1.82) is 0 Å². The van der Waals surface area contributed by atoms with E-state index in [2.05, 4.69) is 15.2 Å². The number of alkyl halides is 3. The summed E-state index contributed by atoms with van der Waals surface area (Å²) in [7, 11) is -4.18. The van der Waals surface area contributed by atoms with E-state index in [0.29, 0.717) is 17.3 Å². The number of sulfonamides is 1. The van der Waals surface area contributed by atoms with E-state index in [1.165, 1.54) is 6.20 Å². The Kier molecular flexibility index (Phi) is 4.45. The Labute approximate surface area is 164 Å². The molecular weight excluding hydrogens is 405 g/mol. The van der Waals surface area contributed by atoms with Crippen LogP contribution in [0.25, 0.3) is 6.08 Å². The Balaban J connectivity index is 1.82. The van der Waals surface area contributed by atoms with Crippen LogP contribution in [0, 0.1) is 6.92 Å². The van der Waals surface area contributed by atoms with E-state index < -0.39 is 27.9 Å². The van der Waals surface area contributed by atoms with Gasteiger partial charge in [-0.2, -0.15) is 18.3 Å². The van der Waals surface area contributed by atoms with Crippen molar-refractivity contribution in [3.8, 4) is 0 Å². The van der Waals surface area contributed by atoms with Gasteiger partial charge in [-0.3, -0.25) is 14.4 Å². The van der Waals surface area contributed by atoms with E-state index in [0.717, 1.165) is 27.7 Å². The third-order valence-corrected chi connectivity index (χ3v) is 6.45. The molecule has 3 heterocycles. The second kappa shape index (κ2) is 6.73. The molecule has 1 aromatic carbocycles. The van der Waals surface area contributed by atoms with E-state index in [1.807, 2.05) is 25.1 Å². The smallest absolute Gasteiger partial charge is 0.278 e. The van der Waals surface area contributed by atoms with Crippen molar-refractivity contribution in [2.75, 3.05) is 0 Å². The molecule has 0 radical (unpaired) electrons. The number of hydrogen-bond acceptors (Lipinski definition) is 4. The highest BCUT2D eigenvalue weighted by Gasteiger charge is 2.37. The predicted octanol–water partition coefficient (Wildman–Crippen LogP) is 3.90. The number of aryl methyl sites for hydroxylation is 1. The molecule has 1 atom stereocenters. The number of H-pyrrole nitrogens is 1. The molecule has 3 aromatic rings. The zero-order valence-corrected chi connectivity index (χ0v) is 15.9. The molecule has 0 spiro atoms. The fourth-order valence-corrected chi connectivity index (χ4v) is 4.66. The third kappa shape index (κ3) is 3.29. The molecule has 6 nitrogen and oxygen atoms in total. The van der Waals surface area contributed by atoms with E-state index in [9.17, 15) is 21.6 Å². The van der Waals surface area contributed by atoms with Crippen LogP contribution in [0.4, 0.5) is 13.2 Å². The van der Waals surface area contributed by atoms with Gasteiger partial charge in [0.15, 0.2) is 0 Å². The number of hydrogen-bond donors (Lipinski definition) is 1. The van der Waals surface area contributed by atoms with Crippen LogP contribution in [0.15, 0.2) is 59.9 Å². The minimum absolute atomic E-state index is 0.333. The van der Waals surface area contributed by atoms with Gasteiger partial charge in [-0.25, -0.2) is 8.42 Å². The number of pyridine rings is 1. The molecular formula is C19H15F3N4O2S. The topological polar surface area (TPSA) is 79.0 Å². The number of aromatic amines is 1. The van der Waals surface area contributed by atoms with Crippen molar-refractivity contribution in [3.63, 3.8) is 0 Å². The fourth-order valence-electron chi connectivity index (χ4n) is 3.27. The van der Waals surface area contributed by atoms with E-state index in [1.54, 1.807) is 18.3 Å². The molecule has 2 aromatic heterocycles. The van der Waals surface area contributed by atoms with Crippen LogP contribution in [0.3, 0.4) is 0 Å². The van der Waals surface area contributed by atoms with Crippen LogP contribution in [-0.4, -0.2) is 27.9 Å². The van der Waals surface area contributed by atoms with Crippen LogP contribution in [0.1, 0.15) is 34.1 Å². The van der Waals surface area contributed by atoms with E-state index in [4.69, 9.17) is 0 Å². The molecule has 1 N–H and O–H groups in total. The molecule has 0 saturated carbocycles. The zero-order chi connectivity index (χ0) is 20.8. The Morgan fingerprint density at radius 1 is 1.07 bits per heavy atom. The maximum absolute atomic E-state index is 13.3. The lowest BCUT2D eigenvalue weighted by Crippen LogP contribution is -2.33. The van der Waals surface area contributed by atoms with Crippen molar-refractivity contribution in [2.24, 2.45) is 0 Å². The summed E-state index contributed by atoms with van der Waals surface area (Å²) in [6, 6.07) is 8.16. The first-order chi connectivity index (χ1) is 13.7. The normalized spacial score (nSPS) is 16.7. The van der Waals surface area contributed by atoms with Crippen molar-refractivity contribution in [2.45, 2.75) is 24.0 Å². The van der Waals surface area contributed by atoms with Crippen LogP contribution < -0.4 is 0 Å². The fraction of sp³-hybridized carbons (Fsp3) is 0.158. The number of nitrogens with zero attached hydrogens (tertiary/aromatic N) is 3. The number of nitrogens with one attached hydrogen (secondary N) is 1. The second-order valence-corrected chi connectivity index (χ2v) is 8.37. The van der Waals surface area contributed by atoms with Crippen molar-refractivity contribution in [1.82, 2.24) is 19.5 Å². The van der Waals surface area contributed by atoms with Gasteiger partial charge >= 0.3 is 6.18 Å².